The standard InChI is InChI=1S/C14H11Cl2NO3S/c1-8(18)17-9-3-2-4-10(5-9)20-7-12(19)11-6-13(15)21-14(11)16/h2-6H,7H2,1H3,(H,17,18). The lowest BCUT2D eigenvalue weighted by Crippen LogP contribution is -2.11. The molecule has 0 aliphatic heterocycles. The minimum absolute atomic E-state index is 0.156. The number of Topliss-reactive ketones (excluding diaryl/α,β-unsaturated/α-hetero) is 1. The number of halogens is 2. The van der Waals surface area contributed by atoms with E-state index in [2.05, 4.69) is 5.32 Å². The van der Waals surface area contributed by atoms with E-state index in [0.717, 1.165) is 11.3 Å². The molecule has 0 bridgehead atoms. The van der Waals surface area contributed by atoms with Gasteiger partial charge in [-0.1, -0.05) is 29.3 Å². The average molecular weight is 344 g/mol. The van der Waals surface area contributed by atoms with Crippen LogP contribution in [0.4, 0.5) is 5.69 Å². The molecule has 0 radical (unpaired) electrons. The minimum Gasteiger partial charge on any atom is -0.485 e. The third kappa shape index (κ3) is 4.46. The average Bonchev–Trinajstić information content (AvgIpc) is 2.75. The van der Waals surface area contributed by atoms with Crippen LogP contribution in [0.1, 0.15) is 17.3 Å². The van der Waals surface area contributed by atoms with Gasteiger partial charge >= 0.3 is 0 Å². The molecule has 0 aliphatic rings. The summed E-state index contributed by atoms with van der Waals surface area (Å²) in [5.41, 5.74) is 0.953. The van der Waals surface area contributed by atoms with Crippen molar-refractivity contribution in [2.45, 2.75) is 6.92 Å². The van der Waals surface area contributed by atoms with E-state index in [9.17, 15) is 9.59 Å². The predicted octanol–water partition coefficient (Wildman–Crippen LogP) is 4.28. The van der Waals surface area contributed by atoms with E-state index in [1.807, 2.05) is 0 Å². The summed E-state index contributed by atoms with van der Waals surface area (Å²) in [4.78, 5) is 23.0. The van der Waals surface area contributed by atoms with E-state index in [1.54, 1.807) is 24.3 Å². The van der Waals surface area contributed by atoms with Gasteiger partial charge < -0.3 is 10.1 Å². The van der Waals surface area contributed by atoms with Gasteiger partial charge in [-0.3, -0.25) is 9.59 Å². The van der Waals surface area contributed by atoms with E-state index >= 15 is 0 Å². The highest BCUT2D eigenvalue weighted by atomic mass is 35.5. The molecule has 0 aliphatic carbocycles. The van der Waals surface area contributed by atoms with Crippen LogP contribution in [0.25, 0.3) is 0 Å². The summed E-state index contributed by atoms with van der Waals surface area (Å²) < 4.78 is 6.21. The number of rotatable bonds is 5. The molecule has 0 unspecified atom stereocenters. The zero-order valence-electron chi connectivity index (χ0n) is 11.0. The first-order valence-electron chi connectivity index (χ1n) is 5.94. The van der Waals surface area contributed by atoms with Crippen LogP contribution in [0.2, 0.25) is 8.67 Å². The fraction of sp³-hybridized carbons (Fsp3) is 0.143. The van der Waals surface area contributed by atoms with Crippen LogP contribution in [-0.4, -0.2) is 18.3 Å². The SMILES string of the molecule is CC(=O)Nc1cccc(OCC(=O)c2cc(Cl)sc2Cl)c1. The molecule has 21 heavy (non-hydrogen) atoms. The molecular weight excluding hydrogens is 333 g/mol. The van der Waals surface area contributed by atoms with E-state index in [4.69, 9.17) is 27.9 Å². The Morgan fingerprint density at radius 1 is 1.29 bits per heavy atom. The highest BCUT2D eigenvalue weighted by Gasteiger charge is 2.14. The van der Waals surface area contributed by atoms with Gasteiger partial charge in [-0.2, -0.15) is 0 Å². The van der Waals surface area contributed by atoms with Crippen molar-refractivity contribution in [1.82, 2.24) is 0 Å². The van der Waals surface area contributed by atoms with E-state index in [1.165, 1.54) is 13.0 Å². The number of ketones is 1. The van der Waals surface area contributed by atoms with Gasteiger partial charge in [-0.25, -0.2) is 0 Å². The van der Waals surface area contributed by atoms with E-state index < -0.39 is 0 Å². The van der Waals surface area contributed by atoms with Gasteiger partial charge in [0, 0.05) is 18.7 Å². The summed E-state index contributed by atoms with van der Waals surface area (Å²) >= 11 is 12.8. The Hall–Kier alpha value is -1.56. The Bertz CT molecular complexity index is 685. The predicted molar refractivity (Wildman–Crippen MR) is 84.9 cm³/mol. The van der Waals surface area contributed by atoms with Crippen molar-refractivity contribution in [2.24, 2.45) is 0 Å². The second-order valence-electron chi connectivity index (χ2n) is 4.16. The molecule has 1 aromatic carbocycles. The quantitative estimate of drug-likeness (QED) is 0.824. The summed E-state index contributed by atoms with van der Waals surface area (Å²) in [6.07, 6.45) is 0. The number of ether oxygens (including phenoxy) is 1. The van der Waals surface area contributed by atoms with Crippen LogP contribution in [0, 0.1) is 0 Å². The Labute approximate surface area is 135 Å². The first-order chi connectivity index (χ1) is 9.95. The highest BCUT2D eigenvalue weighted by molar-refractivity contribution is 7.20. The summed E-state index contributed by atoms with van der Waals surface area (Å²) in [5.74, 6) is 0.0445. The molecule has 7 heteroatoms. The van der Waals surface area contributed by atoms with Gasteiger partial charge in [-0.15, -0.1) is 11.3 Å². The number of nitrogens with one attached hydrogen (secondary N) is 1. The van der Waals surface area contributed by atoms with Crippen LogP contribution in [0.15, 0.2) is 30.3 Å². The Morgan fingerprint density at radius 2 is 2.05 bits per heavy atom. The Morgan fingerprint density at radius 3 is 2.67 bits per heavy atom. The molecule has 2 aromatic rings. The molecule has 4 nitrogen and oxygen atoms in total. The van der Waals surface area contributed by atoms with Crippen LogP contribution in [0.5, 0.6) is 5.75 Å². The molecule has 2 rings (SSSR count). The van der Waals surface area contributed by atoms with Crippen molar-refractivity contribution in [3.8, 4) is 5.75 Å². The molecule has 1 amide bonds. The van der Waals surface area contributed by atoms with Gasteiger partial charge in [0.05, 0.1) is 9.90 Å². The van der Waals surface area contributed by atoms with Crippen molar-refractivity contribution in [3.05, 3.63) is 44.6 Å². The van der Waals surface area contributed by atoms with Crippen LogP contribution < -0.4 is 10.1 Å². The normalized spacial score (nSPS) is 10.2. The molecule has 1 aromatic heterocycles. The maximum Gasteiger partial charge on any atom is 0.221 e. The van der Waals surface area contributed by atoms with Crippen LogP contribution in [-0.2, 0) is 4.79 Å². The van der Waals surface area contributed by atoms with Crippen molar-refractivity contribution in [3.63, 3.8) is 0 Å². The first kappa shape index (κ1) is 15.8. The van der Waals surface area contributed by atoms with E-state index in [-0.39, 0.29) is 18.3 Å². The van der Waals surface area contributed by atoms with Gasteiger partial charge in [0.2, 0.25) is 11.7 Å². The number of hydrogen-bond donors (Lipinski definition) is 1. The molecule has 1 heterocycles. The number of carbonyl (C=O) groups excluding carboxylic acids is 2. The second kappa shape index (κ2) is 6.93. The van der Waals surface area contributed by atoms with Crippen molar-refractivity contribution in [2.75, 3.05) is 11.9 Å². The zero-order chi connectivity index (χ0) is 15.4. The molecular formula is C14H11Cl2NO3S. The first-order valence-corrected chi connectivity index (χ1v) is 7.51. The smallest absolute Gasteiger partial charge is 0.221 e. The third-order valence-corrected chi connectivity index (χ3v) is 3.97. The number of benzene rings is 1. The monoisotopic (exact) mass is 343 g/mol. The Kier molecular flexibility index (Phi) is 5.22. The second-order valence-corrected chi connectivity index (χ2v) is 6.44. The number of thiophene rings is 1. The molecule has 0 atom stereocenters. The van der Waals surface area contributed by atoms with Gasteiger partial charge in [0.1, 0.15) is 10.1 Å². The summed E-state index contributed by atoms with van der Waals surface area (Å²) in [6, 6.07) is 8.30. The maximum atomic E-state index is 12.0. The molecule has 110 valence electrons. The van der Waals surface area contributed by atoms with Gasteiger partial charge in [0.25, 0.3) is 0 Å². The van der Waals surface area contributed by atoms with Crippen molar-refractivity contribution < 1.29 is 14.3 Å². The van der Waals surface area contributed by atoms with Crippen molar-refractivity contribution >= 4 is 51.9 Å². The molecule has 0 fully saturated rings. The Balaban J connectivity index is 2.01. The van der Waals surface area contributed by atoms with Gasteiger partial charge in [0.15, 0.2) is 6.61 Å². The lowest BCUT2D eigenvalue weighted by molar-refractivity contribution is -0.114. The van der Waals surface area contributed by atoms with Crippen molar-refractivity contribution in [1.29, 1.82) is 0 Å². The number of anilines is 1. The fourth-order valence-electron chi connectivity index (χ4n) is 1.62. The van der Waals surface area contributed by atoms with E-state index in [0.29, 0.717) is 25.7 Å². The number of hydrogen-bond acceptors (Lipinski definition) is 4. The fourth-order valence-corrected chi connectivity index (χ4v) is 3.12. The summed E-state index contributed by atoms with van der Waals surface area (Å²) in [5, 5.41) is 2.64. The topological polar surface area (TPSA) is 55.4 Å². The maximum absolute atomic E-state index is 12.0. The lowest BCUT2D eigenvalue weighted by Gasteiger charge is -2.07. The highest BCUT2D eigenvalue weighted by Crippen LogP contribution is 2.31. The zero-order valence-corrected chi connectivity index (χ0v) is 13.3. The lowest BCUT2D eigenvalue weighted by atomic mass is 10.2. The summed E-state index contributed by atoms with van der Waals surface area (Å²) in [6.45, 7) is 1.26. The largest absolute Gasteiger partial charge is 0.485 e. The molecule has 1 N–H and O–H groups in total. The van der Waals surface area contributed by atoms with Gasteiger partial charge in [-0.05, 0) is 18.2 Å². The third-order valence-electron chi connectivity index (χ3n) is 2.48. The summed E-state index contributed by atoms with van der Waals surface area (Å²) in [7, 11) is 0. The minimum atomic E-state index is -0.256. The van der Waals surface area contributed by atoms with Crippen LogP contribution >= 0.6 is 34.5 Å². The molecule has 0 saturated carbocycles. The van der Waals surface area contributed by atoms with Crippen LogP contribution in [0.3, 0.4) is 0 Å². The molecule has 0 saturated heterocycles. The number of carbonyl (C=O) groups is 2. The number of amides is 1. The molecule has 0 spiro atoms.